The van der Waals surface area contributed by atoms with Crippen LogP contribution in [0, 0.1) is 5.92 Å². The highest BCUT2D eigenvalue weighted by Gasteiger charge is 2.27. The Morgan fingerprint density at radius 2 is 1.92 bits per heavy atom. The van der Waals surface area contributed by atoms with E-state index >= 15 is 0 Å². The van der Waals surface area contributed by atoms with E-state index in [2.05, 4.69) is 33.6 Å². The van der Waals surface area contributed by atoms with Gasteiger partial charge in [0.15, 0.2) is 11.3 Å². The second-order valence-electron chi connectivity index (χ2n) is 9.84. The van der Waals surface area contributed by atoms with Crippen molar-refractivity contribution < 1.29 is 19.4 Å². The molecule has 2 aliphatic rings. The Kier molecular flexibility index (Phi) is 7.06. The first-order valence-corrected chi connectivity index (χ1v) is 12.7. The second-order valence-corrected chi connectivity index (χ2v) is 9.84. The molecule has 0 aromatic carbocycles. The smallest absolute Gasteiger partial charge is 0.354 e. The maximum absolute atomic E-state index is 12.1. The lowest BCUT2D eigenvalue weighted by atomic mass is 9.96. The van der Waals surface area contributed by atoms with Crippen molar-refractivity contribution in [3.05, 3.63) is 35.8 Å². The van der Waals surface area contributed by atoms with Gasteiger partial charge in [0.2, 0.25) is 0 Å². The number of carbonyl (C=O) groups is 1. The molecule has 192 valence electrons. The van der Waals surface area contributed by atoms with Gasteiger partial charge in [0.25, 0.3) is 0 Å². The topological polar surface area (TPSA) is 106 Å². The Morgan fingerprint density at radius 3 is 2.58 bits per heavy atom. The number of aromatic nitrogens is 4. The number of carboxylic acid groups (broad SMARTS) is 1. The van der Waals surface area contributed by atoms with Crippen molar-refractivity contribution in [3.8, 4) is 5.69 Å². The zero-order valence-corrected chi connectivity index (χ0v) is 21.2. The number of aromatic carboxylic acids is 1. The molecule has 0 saturated carbocycles. The summed E-state index contributed by atoms with van der Waals surface area (Å²) in [6, 6.07) is 5.60. The Balaban J connectivity index is 1.62. The highest BCUT2D eigenvalue weighted by molar-refractivity contribution is 5.98. The first kappa shape index (κ1) is 24.5. The number of carboxylic acids is 1. The number of fused-ring (bicyclic) bond motifs is 1. The monoisotopic (exact) mass is 494 g/mol. The van der Waals surface area contributed by atoms with E-state index in [9.17, 15) is 9.90 Å². The predicted molar refractivity (Wildman–Crippen MR) is 138 cm³/mol. The lowest BCUT2D eigenvalue weighted by Crippen LogP contribution is -2.36. The van der Waals surface area contributed by atoms with Crippen molar-refractivity contribution in [2.75, 3.05) is 62.9 Å². The van der Waals surface area contributed by atoms with Crippen molar-refractivity contribution in [2.45, 2.75) is 32.6 Å². The third-order valence-corrected chi connectivity index (χ3v) is 7.08. The minimum atomic E-state index is -1.05. The van der Waals surface area contributed by atoms with Crippen LogP contribution in [0.1, 0.15) is 48.8 Å². The Morgan fingerprint density at radius 1 is 1.17 bits per heavy atom. The third kappa shape index (κ3) is 4.75. The van der Waals surface area contributed by atoms with Gasteiger partial charge in [0.05, 0.1) is 35.7 Å². The van der Waals surface area contributed by atoms with Crippen LogP contribution in [0.5, 0.6) is 0 Å². The van der Waals surface area contributed by atoms with Crippen LogP contribution < -0.4 is 9.80 Å². The zero-order chi connectivity index (χ0) is 25.2. The first-order valence-electron chi connectivity index (χ1n) is 12.7. The molecule has 3 aromatic heterocycles. The molecule has 0 atom stereocenters. The van der Waals surface area contributed by atoms with Crippen molar-refractivity contribution >= 4 is 28.5 Å². The molecule has 5 rings (SSSR count). The molecule has 10 heteroatoms. The van der Waals surface area contributed by atoms with Gasteiger partial charge >= 0.3 is 5.97 Å². The number of pyridine rings is 2. The number of methoxy groups -OCH3 is 1. The van der Waals surface area contributed by atoms with Gasteiger partial charge < -0.3 is 24.4 Å². The highest BCUT2D eigenvalue weighted by atomic mass is 16.5. The molecule has 2 aliphatic heterocycles. The van der Waals surface area contributed by atoms with Gasteiger partial charge in [0, 0.05) is 52.2 Å². The molecule has 0 unspecified atom stereocenters. The number of hydrogen-bond acceptors (Lipinski definition) is 8. The molecular weight excluding hydrogens is 460 g/mol. The normalized spacial score (nSPS) is 17.3. The number of anilines is 2. The van der Waals surface area contributed by atoms with E-state index in [0.29, 0.717) is 24.8 Å². The quantitative estimate of drug-likeness (QED) is 0.529. The maximum atomic E-state index is 12.1. The van der Waals surface area contributed by atoms with Crippen molar-refractivity contribution in [3.63, 3.8) is 0 Å². The molecule has 2 saturated heterocycles. The van der Waals surface area contributed by atoms with E-state index in [4.69, 9.17) is 14.6 Å². The van der Waals surface area contributed by atoms with E-state index in [-0.39, 0.29) is 11.6 Å². The minimum absolute atomic E-state index is 0.0235. The summed E-state index contributed by atoms with van der Waals surface area (Å²) in [5.74, 6) is 0.456. The number of morpholine rings is 1. The van der Waals surface area contributed by atoms with Gasteiger partial charge in [-0.25, -0.2) is 19.4 Å². The third-order valence-electron chi connectivity index (χ3n) is 7.08. The number of piperidine rings is 1. The molecule has 0 aliphatic carbocycles. The van der Waals surface area contributed by atoms with Crippen LogP contribution in [0.2, 0.25) is 0 Å². The van der Waals surface area contributed by atoms with Gasteiger partial charge in [-0.1, -0.05) is 13.8 Å². The average Bonchev–Trinajstić information content (AvgIpc) is 3.30. The summed E-state index contributed by atoms with van der Waals surface area (Å²) in [7, 11) is 1.74. The molecule has 5 heterocycles. The van der Waals surface area contributed by atoms with E-state index in [1.807, 2.05) is 12.1 Å². The van der Waals surface area contributed by atoms with Gasteiger partial charge in [-0.3, -0.25) is 0 Å². The molecule has 1 N–H and O–H groups in total. The Labute approximate surface area is 210 Å². The summed E-state index contributed by atoms with van der Waals surface area (Å²) in [5.41, 5.74) is 3.20. The lowest BCUT2D eigenvalue weighted by Gasteiger charge is -2.34. The van der Waals surface area contributed by atoms with Crippen LogP contribution in [0.25, 0.3) is 16.7 Å². The summed E-state index contributed by atoms with van der Waals surface area (Å²) in [6.07, 6.45) is 3.77. The van der Waals surface area contributed by atoms with E-state index in [1.54, 1.807) is 24.1 Å². The molecule has 0 amide bonds. The summed E-state index contributed by atoms with van der Waals surface area (Å²) >= 11 is 0. The molecule has 36 heavy (non-hydrogen) atoms. The van der Waals surface area contributed by atoms with E-state index in [0.717, 1.165) is 73.9 Å². The molecular formula is C26H34N6O4. The molecule has 10 nitrogen and oxygen atoms in total. The van der Waals surface area contributed by atoms with Crippen molar-refractivity contribution in [2.24, 2.45) is 5.92 Å². The molecule has 2 fully saturated rings. The number of hydrogen-bond donors (Lipinski definition) is 1. The SMILES string of the molecule is COCC1CCN(c2cc(C(=O)O)nc3c2c(C(C)C)nn3-c2ccnc(N3CCOCC3)c2)CC1. The summed E-state index contributed by atoms with van der Waals surface area (Å²) in [6.45, 7) is 9.54. The standard InChI is InChI=1S/C26H34N6O4/c1-17(2)24-23-21(30-8-5-18(6-9-30)16-35-3)15-20(26(33)34)28-25(23)32(29-24)19-4-7-27-22(14-19)31-10-12-36-13-11-31/h4,7,14-15,17-18H,5-6,8-13,16H2,1-3H3,(H,33,34). The fourth-order valence-electron chi connectivity index (χ4n) is 5.15. The minimum Gasteiger partial charge on any atom is -0.477 e. The van der Waals surface area contributed by atoms with Crippen LogP contribution in [-0.4, -0.2) is 83.9 Å². The Hall–Kier alpha value is -3.24. The zero-order valence-electron chi connectivity index (χ0n) is 21.2. The van der Waals surface area contributed by atoms with Gasteiger partial charge in [-0.05, 0) is 36.8 Å². The number of rotatable bonds is 7. The lowest BCUT2D eigenvalue weighted by molar-refractivity contribution is 0.0691. The summed E-state index contributed by atoms with van der Waals surface area (Å²) < 4.78 is 12.6. The molecule has 0 spiro atoms. The van der Waals surface area contributed by atoms with E-state index < -0.39 is 5.97 Å². The molecule has 0 radical (unpaired) electrons. The summed E-state index contributed by atoms with van der Waals surface area (Å²) in [4.78, 5) is 25.7. The van der Waals surface area contributed by atoms with Crippen LogP contribution in [-0.2, 0) is 9.47 Å². The van der Waals surface area contributed by atoms with Crippen LogP contribution >= 0.6 is 0 Å². The summed E-state index contributed by atoms with van der Waals surface area (Å²) in [5, 5.41) is 15.8. The molecule has 0 bridgehead atoms. The van der Waals surface area contributed by atoms with Crippen LogP contribution in [0.4, 0.5) is 11.5 Å². The first-order chi connectivity index (χ1) is 17.5. The fraction of sp³-hybridized carbons (Fsp3) is 0.538. The highest BCUT2D eigenvalue weighted by Crippen LogP contribution is 2.36. The van der Waals surface area contributed by atoms with Gasteiger partial charge in [-0.2, -0.15) is 5.10 Å². The Bertz CT molecular complexity index is 1230. The second kappa shape index (κ2) is 10.4. The number of nitrogens with zero attached hydrogens (tertiary/aromatic N) is 6. The largest absolute Gasteiger partial charge is 0.477 e. The molecule has 3 aromatic rings. The maximum Gasteiger partial charge on any atom is 0.354 e. The van der Waals surface area contributed by atoms with Gasteiger partial charge in [-0.15, -0.1) is 0 Å². The predicted octanol–water partition coefficient (Wildman–Crippen LogP) is 3.34. The number of ether oxygens (including phenoxy) is 2. The fourth-order valence-corrected chi connectivity index (χ4v) is 5.15. The van der Waals surface area contributed by atoms with Crippen LogP contribution in [0.15, 0.2) is 24.4 Å². The van der Waals surface area contributed by atoms with Crippen LogP contribution in [0.3, 0.4) is 0 Å². The van der Waals surface area contributed by atoms with Crippen molar-refractivity contribution in [1.82, 2.24) is 19.7 Å². The van der Waals surface area contributed by atoms with E-state index in [1.165, 1.54) is 0 Å². The van der Waals surface area contributed by atoms with Gasteiger partial charge in [0.1, 0.15) is 5.82 Å². The van der Waals surface area contributed by atoms with Crippen molar-refractivity contribution in [1.29, 1.82) is 0 Å². The average molecular weight is 495 g/mol.